The van der Waals surface area contributed by atoms with E-state index in [1.807, 2.05) is 0 Å². The minimum absolute atomic E-state index is 0.0126. The van der Waals surface area contributed by atoms with Gasteiger partial charge in [0.2, 0.25) is 10.0 Å². The molecule has 7 heteroatoms. The van der Waals surface area contributed by atoms with Crippen LogP contribution in [0.1, 0.15) is 25.8 Å². The lowest BCUT2D eigenvalue weighted by molar-refractivity contribution is 0.0459. The number of likely N-dealkylation sites (tertiary alicyclic amines) is 1. The first-order valence-electron chi connectivity index (χ1n) is 8.93. The minimum atomic E-state index is -3.42. The Balaban J connectivity index is 1.79. The Morgan fingerprint density at radius 3 is 2.84 bits per heavy atom. The first-order valence-corrected chi connectivity index (χ1v) is 10.5. The number of halogens is 1. The van der Waals surface area contributed by atoms with Gasteiger partial charge < -0.3 is 4.74 Å². The largest absolute Gasteiger partial charge is 0.374 e. The molecular formula is C18H27FN2O3S. The molecule has 2 heterocycles. The molecule has 2 aliphatic rings. The molecule has 1 aromatic carbocycles. The van der Waals surface area contributed by atoms with E-state index in [4.69, 9.17) is 4.74 Å². The highest BCUT2D eigenvalue weighted by Crippen LogP contribution is 2.27. The summed E-state index contributed by atoms with van der Waals surface area (Å²) in [6.07, 6.45) is 0.966. The van der Waals surface area contributed by atoms with Crippen molar-refractivity contribution in [2.75, 3.05) is 32.0 Å². The maximum absolute atomic E-state index is 13.5. The molecule has 2 aliphatic heterocycles. The van der Waals surface area contributed by atoms with E-state index >= 15 is 0 Å². The number of nitrogens with zero attached hydrogens (tertiary/aromatic N) is 2. The molecule has 0 aromatic heterocycles. The number of hydrogen-bond acceptors (Lipinski definition) is 4. The highest BCUT2D eigenvalue weighted by molar-refractivity contribution is 7.89. The van der Waals surface area contributed by atoms with E-state index in [1.54, 1.807) is 12.1 Å². The fraction of sp³-hybridized carbons (Fsp3) is 0.667. The van der Waals surface area contributed by atoms with E-state index in [2.05, 4.69) is 18.7 Å². The van der Waals surface area contributed by atoms with Crippen LogP contribution < -0.4 is 0 Å². The van der Waals surface area contributed by atoms with Gasteiger partial charge in [-0.25, -0.2) is 12.8 Å². The summed E-state index contributed by atoms with van der Waals surface area (Å²) in [6, 6.07) is 5.96. The fourth-order valence-electron chi connectivity index (χ4n) is 3.56. The minimum Gasteiger partial charge on any atom is -0.374 e. The third-order valence-corrected chi connectivity index (χ3v) is 6.76. The molecule has 140 valence electrons. The smallest absolute Gasteiger partial charge is 0.217 e. The van der Waals surface area contributed by atoms with Gasteiger partial charge >= 0.3 is 0 Å². The molecule has 0 amide bonds. The summed E-state index contributed by atoms with van der Waals surface area (Å²) in [6.45, 7) is 7.17. The van der Waals surface area contributed by atoms with Crippen molar-refractivity contribution < 1.29 is 17.5 Å². The van der Waals surface area contributed by atoms with Gasteiger partial charge in [-0.05, 0) is 36.6 Å². The Morgan fingerprint density at radius 2 is 2.12 bits per heavy atom. The standard InChI is InChI=1S/C18H27FN2O3S/c1-14(2)6-7-20-12-17-18(13-20)24-8-9-25(22,23)21(17)11-15-4-3-5-16(19)10-15/h3-5,10,14,17-18H,6-9,11-13H2,1-2H3/t17-,18+/m1/s1. The average molecular weight is 370 g/mol. The topological polar surface area (TPSA) is 49.9 Å². The predicted molar refractivity (Wildman–Crippen MR) is 95.2 cm³/mol. The molecule has 25 heavy (non-hydrogen) atoms. The van der Waals surface area contributed by atoms with E-state index in [0.717, 1.165) is 19.5 Å². The lowest BCUT2D eigenvalue weighted by Crippen LogP contribution is -2.45. The van der Waals surface area contributed by atoms with E-state index < -0.39 is 10.0 Å². The summed E-state index contributed by atoms with van der Waals surface area (Å²) in [7, 11) is -3.42. The lowest BCUT2D eigenvalue weighted by Gasteiger charge is -2.28. The van der Waals surface area contributed by atoms with Gasteiger partial charge in [-0.15, -0.1) is 0 Å². The van der Waals surface area contributed by atoms with Crippen molar-refractivity contribution in [3.8, 4) is 0 Å². The molecular weight excluding hydrogens is 343 g/mol. The fourth-order valence-corrected chi connectivity index (χ4v) is 5.06. The van der Waals surface area contributed by atoms with Gasteiger partial charge in [-0.3, -0.25) is 4.90 Å². The Labute approximate surface area is 149 Å². The molecule has 2 fully saturated rings. The van der Waals surface area contributed by atoms with Gasteiger partial charge in [0.15, 0.2) is 0 Å². The molecule has 2 atom stereocenters. The first-order chi connectivity index (χ1) is 11.8. The van der Waals surface area contributed by atoms with Crippen LogP contribution in [-0.2, 0) is 21.3 Å². The van der Waals surface area contributed by atoms with Crippen molar-refractivity contribution in [2.45, 2.75) is 39.0 Å². The first kappa shape index (κ1) is 18.8. The average Bonchev–Trinajstić information content (AvgIpc) is 2.88. The zero-order valence-electron chi connectivity index (χ0n) is 14.9. The van der Waals surface area contributed by atoms with Crippen LogP contribution in [0, 0.1) is 11.7 Å². The molecule has 0 saturated carbocycles. The van der Waals surface area contributed by atoms with Crippen LogP contribution in [0.3, 0.4) is 0 Å². The van der Waals surface area contributed by atoms with Gasteiger partial charge in [-0.1, -0.05) is 26.0 Å². The molecule has 0 spiro atoms. The number of ether oxygens (including phenoxy) is 1. The molecule has 3 rings (SSSR count). The number of sulfonamides is 1. The molecule has 0 N–H and O–H groups in total. The quantitative estimate of drug-likeness (QED) is 0.796. The van der Waals surface area contributed by atoms with Crippen molar-refractivity contribution in [1.82, 2.24) is 9.21 Å². The second-order valence-electron chi connectivity index (χ2n) is 7.41. The predicted octanol–water partition coefficient (Wildman–Crippen LogP) is 2.09. The van der Waals surface area contributed by atoms with Crippen molar-refractivity contribution in [2.24, 2.45) is 5.92 Å². The van der Waals surface area contributed by atoms with E-state index in [-0.39, 0.29) is 36.9 Å². The lowest BCUT2D eigenvalue weighted by atomic mass is 10.1. The summed E-state index contributed by atoms with van der Waals surface area (Å²) >= 11 is 0. The van der Waals surface area contributed by atoms with Crippen molar-refractivity contribution in [3.05, 3.63) is 35.6 Å². The zero-order valence-corrected chi connectivity index (χ0v) is 15.7. The molecule has 1 aromatic rings. The number of benzene rings is 1. The second-order valence-corrected chi connectivity index (χ2v) is 9.45. The Morgan fingerprint density at radius 1 is 1.32 bits per heavy atom. The third kappa shape index (κ3) is 4.58. The van der Waals surface area contributed by atoms with Crippen LogP contribution in [-0.4, -0.2) is 61.8 Å². The summed E-state index contributed by atoms with van der Waals surface area (Å²) in [5.41, 5.74) is 0.671. The van der Waals surface area contributed by atoms with Crippen LogP contribution in [0.15, 0.2) is 24.3 Å². The van der Waals surface area contributed by atoms with Gasteiger partial charge in [0.05, 0.1) is 24.5 Å². The number of hydrogen-bond donors (Lipinski definition) is 0. The summed E-state index contributed by atoms with van der Waals surface area (Å²) in [5, 5.41) is 0. The summed E-state index contributed by atoms with van der Waals surface area (Å²) in [5.74, 6) is 0.252. The zero-order chi connectivity index (χ0) is 18.0. The van der Waals surface area contributed by atoms with Crippen molar-refractivity contribution >= 4 is 10.0 Å². The SMILES string of the molecule is CC(C)CCN1C[C@@H]2OCCS(=O)(=O)N(Cc3cccc(F)c3)[C@@H]2C1. The third-order valence-electron chi connectivity index (χ3n) is 4.96. The van der Waals surface area contributed by atoms with Crippen LogP contribution in [0.25, 0.3) is 0 Å². The van der Waals surface area contributed by atoms with Crippen LogP contribution >= 0.6 is 0 Å². The maximum atomic E-state index is 13.5. The Hall–Kier alpha value is -1.02. The van der Waals surface area contributed by atoms with Gasteiger partial charge in [0.25, 0.3) is 0 Å². The molecule has 0 aliphatic carbocycles. The highest BCUT2D eigenvalue weighted by Gasteiger charge is 2.44. The molecule has 5 nitrogen and oxygen atoms in total. The number of fused-ring (bicyclic) bond motifs is 1. The Bertz CT molecular complexity index is 695. The molecule has 2 saturated heterocycles. The maximum Gasteiger partial charge on any atom is 0.217 e. The summed E-state index contributed by atoms with van der Waals surface area (Å²) < 4.78 is 46.4. The van der Waals surface area contributed by atoms with Gasteiger partial charge in [0.1, 0.15) is 5.82 Å². The van der Waals surface area contributed by atoms with Gasteiger partial charge in [0, 0.05) is 19.6 Å². The summed E-state index contributed by atoms with van der Waals surface area (Å²) in [4.78, 5) is 2.29. The van der Waals surface area contributed by atoms with Gasteiger partial charge in [-0.2, -0.15) is 4.31 Å². The van der Waals surface area contributed by atoms with Crippen LogP contribution in [0.4, 0.5) is 4.39 Å². The normalized spacial score (nSPS) is 27.4. The van der Waals surface area contributed by atoms with Crippen LogP contribution in [0.2, 0.25) is 0 Å². The Kier molecular flexibility index (Phi) is 5.78. The number of rotatable bonds is 5. The second kappa shape index (κ2) is 7.70. The molecule has 0 unspecified atom stereocenters. The van der Waals surface area contributed by atoms with E-state index in [0.29, 0.717) is 18.0 Å². The highest BCUT2D eigenvalue weighted by atomic mass is 32.2. The monoisotopic (exact) mass is 370 g/mol. The van der Waals surface area contributed by atoms with Crippen molar-refractivity contribution in [3.63, 3.8) is 0 Å². The molecule has 0 bridgehead atoms. The van der Waals surface area contributed by atoms with E-state index in [1.165, 1.54) is 16.4 Å². The van der Waals surface area contributed by atoms with Crippen molar-refractivity contribution in [1.29, 1.82) is 0 Å². The molecule has 0 radical (unpaired) electrons. The van der Waals surface area contributed by atoms with Crippen LogP contribution in [0.5, 0.6) is 0 Å². The van der Waals surface area contributed by atoms with E-state index in [9.17, 15) is 12.8 Å².